The van der Waals surface area contributed by atoms with E-state index in [1.165, 1.54) is 12.1 Å². The summed E-state index contributed by atoms with van der Waals surface area (Å²) >= 11 is 0. The van der Waals surface area contributed by atoms with Gasteiger partial charge in [0.15, 0.2) is 0 Å². The van der Waals surface area contributed by atoms with Crippen LogP contribution in [-0.4, -0.2) is 20.0 Å². The highest BCUT2D eigenvalue weighted by molar-refractivity contribution is 6.04. The molecule has 2 aromatic rings. The molecule has 0 aliphatic rings. The van der Waals surface area contributed by atoms with Crippen LogP contribution in [-0.2, 0) is 0 Å². The van der Waals surface area contributed by atoms with Gasteiger partial charge in [-0.05, 0) is 42.8 Å². The van der Waals surface area contributed by atoms with E-state index in [0.29, 0.717) is 5.69 Å². The fourth-order valence-corrected chi connectivity index (χ4v) is 2.08. The number of benzene rings is 2. The van der Waals surface area contributed by atoms with E-state index >= 15 is 0 Å². The molecule has 2 rings (SSSR count). The molecule has 0 atom stereocenters. The Hall–Kier alpha value is -2.56. The first-order valence-electron chi connectivity index (χ1n) is 6.53. The largest absolute Gasteiger partial charge is 0.399 e. The van der Waals surface area contributed by atoms with Crippen molar-refractivity contribution >= 4 is 23.0 Å². The van der Waals surface area contributed by atoms with Crippen molar-refractivity contribution in [2.24, 2.45) is 0 Å². The summed E-state index contributed by atoms with van der Waals surface area (Å²) < 4.78 is 13.7. The Labute approximate surface area is 123 Å². The van der Waals surface area contributed by atoms with Gasteiger partial charge in [-0.15, -0.1) is 0 Å². The summed E-state index contributed by atoms with van der Waals surface area (Å²) in [5, 5.41) is 2.69. The third-order valence-electron chi connectivity index (χ3n) is 3.19. The lowest BCUT2D eigenvalue weighted by molar-refractivity contribution is 0.102. The number of nitrogen functional groups attached to an aromatic ring is 1. The molecule has 2 aromatic carbocycles. The van der Waals surface area contributed by atoms with Crippen molar-refractivity contribution in [2.75, 3.05) is 30.0 Å². The molecule has 0 heterocycles. The van der Waals surface area contributed by atoms with E-state index in [1.807, 2.05) is 38.1 Å². The molecule has 0 spiro atoms. The van der Waals surface area contributed by atoms with E-state index < -0.39 is 11.7 Å². The average molecular weight is 287 g/mol. The van der Waals surface area contributed by atoms with Crippen LogP contribution in [0.5, 0.6) is 0 Å². The topological polar surface area (TPSA) is 58.4 Å². The average Bonchev–Trinajstić information content (AvgIpc) is 2.40. The van der Waals surface area contributed by atoms with Gasteiger partial charge in [0.25, 0.3) is 5.91 Å². The number of nitrogens with zero attached hydrogens (tertiary/aromatic N) is 1. The zero-order valence-corrected chi connectivity index (χ0v) is 12.3. The molecule has 21 heavy (non-hydrogen) atoms. The first kappa shape index (κ1) is 14.8. The number of halogens is 1. The maximum Gasteiger partial charge on any atom is 0.258 e. The number of anilines is 3. The molecule has 0 aliphatic carbocycles. The summed E-state index contributed by atoms with van der Waals surface area (Å²) in [5.74, 6) is -1.13. The molecule has 0 radical (unpaired) electrons. The molecule has 5 heteroatoms. The lowest BCUT2D eigenvalue weighted by atomic mass is 10.1. The van der Waals surface area contributed by atoms with Gasteiger partial charge in [-0.1, -0.05) is 6.07 Å². The Morgan fingerprint density at radius 1 is 1.19 bits per heavy atom. The second-order valence-electron chi connectivity index (χ2n) is 5.09. The highest BCUT2D eigenvalue weighted by Gasteiger charge is 2.13. The molecule has 3 N–H and O–H groups in total. The van der Waals surface area contributed by atoms with Crippen molar-refractivity contribution in [1.29, 1.82) is 0 Å². The molecule has 0 saturated carbocycles. The van der Waals surface area contributed by atoms with Crippen molar-refractivity contribution in [3.8, 4) is 0 Å². The number of amides is 1. The smallest absolute Gasteiger partial charge is 0.258 e. The minimum absolute atomic E-state index is 0.0313. The Bertz CT molecular complexity index is 683. The summed E-state index contributed by atoms with van der Waals surface area (Å²) in [4.78, 5) is 14.1. The Kier molecular flexibility index (Phi) is 4.12. The second-order valence-corrected chi connectivity index (χ2v) is 5.09. The quantitative estimate of drug-likeness (QED) is 0.853. The van der Waals surface area contributed by atoms with Gasteiger partial charge in [0.05, 0.1) is 5.56 Å². The predicted molar refractivity (Wildman–Crippen MR) is 84.3 cm³/mol. The third-order valence-corrected chi connectivity index (χ3v) is 3.19. The lowest BCUT2D eigenvalue weighted by Crippen LogP contribution is -2.15. The molecular weight excluding hydrogens is 269 g/mol. The lowest BCUT2D eigenvalue weighted by Gasteiger charge is -2.17. The van der Waals surface area contributed by atoms with Crippen LogP contribution in [0.1, 0.15) is 15.9 Å². The highest BCUT2D eigenvalue weighted by atomic mass is 19.1. The van der Waals surface area contributed by atoms with Crippen molar-refractivity contribution < 1.29 is 9.18 Å². The van der Waals surface area contributed by atoms with Gasteiger partial charge >= 0.3 is 0 Å². The molecule has 1 amide bonds. The fraction of sp³-hybridized carbons (Fsp3) is 0.188. The van der Waals surface area contributed by atoms with Gasteiger partial charge in [0.1, 0.15) is 5.82 Å². The summed E-state index contributed by atoms with van der Waals surface area (Å²) in [7, 11) is 3.85. The number of hydrogen-bond donors (Lipinski definition) is 2. The number of hydrogen-bond acceptors (Lipinski definition) is 3. The second kappa shape index (κ2) is 5.83. The number of carbonyl (C=O) groups excluding carboxylic acids is 1. The van der Waals surface area contributed by atoms with Crippen molar-refractivity contribution in [3.63, 3.8) is 0 Å². The Morgan fingerprint density at radius 2 is 1.90 bits per heavy atom. The molecule has 0 aromatic heterocycles. The molecule has 0 unspecified atom stereocenters. The zero-order chi connectivity index (χ0) is 15.6. The molecule has 110 valence electrons. The van der Waals surface area contributed by atoms with Crippen molar-refractivity contribution in [3.05, 3.63) is 53.3 Å². The zero-order valence-electron chi connectivity index (χ0n) is 12.3. The highest BCUT2D eigenvalue weighted by Crippen LogP contribution is 2.23. The molecule has 0 bridgehead atoms. The molecule has 4 nitrogen and oxygen atoms in total. The van der Waals surface area contributed by atoms with Crippen LogP contribution in [0, 0.1) is 12.7 Å². The molecule has 0 saturated heterocycles. The van der Waals surface area contributed by atoms with E-state index in [0.717, 1.165) is 17.3 Å². The van der Waals surface area contributed by atoms with Crippen LogP contribution in [0.2, 0.25) is 0 Å². The number of nitrogens with two attached hydrogens (primary N) is 1. The normalized spacial score (nSPS) is 10.3. The molecule has 0 aliphatic heterocycles. The van der Waals surface area contributed by atoms with Gasteiger partial charge < -0.3 is 16.0 Å². The maximum atomic E-state index is 13.7. The van der Waals surface area contributed by atoms with Gasteiger partial charge in [-0.2, -0.15) is 0 Å². The van der Waals surface area contributed by atoms with Gasteiger partial charge in [-0.25, -0.2) is 4.39 Å². The SMILES string of the molecule is Cc1ccc(NC(=O)c2ccc(N)cc2F)cc1N(C)C. The summed E-state index contributed by atoms with van der Waals surface area (Å²) in [5.41, 5.74) is 8.43. The summed E-state index contributed by atoms with van der Waals surface area (Å²) in [6, 6.07) is 9.55. The molecule has 0 fully saturated rings. The first-order valence-corrected chi connectivity index (χ1v) is 6.53. The maximum absolute atomic E-state index is 13.7. The number of carbonyl (C=O) groups is 1. The van der Waals surface area contributed by atoms with E-state index in [9.17, 15) is 9.18 Å². The fourth-order valence-electron chi connectivity index (χ4n) is 2.08. The van der Waals surface area contributed by atoms with Crippen molar-refractivity contribution in [1.82, 2.24) is 0 Å². The molecular formula is C16H18FN3O. The van der Waals surface area contributed by atoms with Crippen molar-refractivity contribution in [2.45, 2.75) is 6.92 Å². The van der Waals surface area contributed by atoms with Gasteiger partial charge in [-0.3, -0.25) is 4.79 Å². The van der Waals surface area contributed by atoms with Crippen LogP contribution in [0.3, 0.4) is 0 Å². The first-order chi connectivity index (χ1) is 9.88. The standard InChI is InChI=1S/C16H18FN3O/c1-10-4-6-12(9-15(10)20(2)3)19-16(21)13-7-5-11(18)8-14(13)17/h4-9H,18H2,1-3H3,(H,19,21). The van der Waals surface area contributed by atoms with E-state index in [4.69, 9.17) is 5.73 Å². The predicted octanol–water partition coefficient (Wildman–Crippen LogP) is 3.03. The van der Waals surface area contributed by atoms with Gasteiger partial charge in [0, 0.05) is 31.2 Å². The monoisotopic (exact) mass is 287 g/mol. The Balaban J connectivity index is 2.25. The van der Waals surface area contributed by atoms with Crippen LogP contribution >= 0.6 is 0 Å². The third kappa shape index (κ3) is 3.31. The number of nitrogens with one attached hydrogen (secondary N) is 1. The minimum Gasteiger partial charge on any atom is -0.399 e. The number of rotatable bonds is 3. The van der Waals surface area contributed by atoms with Crippen LogP contribution in [0.15, 0.2) is 36.4 Å². The van der Waals surface area contributed by atoms with Crippen LogP contribution < -0.4 is 16.0 Å². The summed E-state index contributed by atoms with van der Waals surface area (Å²) in [6.07, 6.45) is 0. The van der Waals surface area contributed by atoms with E-state index in [-0.39, 0.29) is 11.3 Å². The minimum atomic E-state index is -0.632. The number of aryl methyl sites for hydroxylation is 1. The van der Waals surface area contributed by atoms with Gasteiger partial charge in [0.2, 0.25) is 0 Å². The van der Waals surface area contributed by atoms with E-state index in [1.54, 1.807) is 6.07 Å². The van der Waals surface area contributed by atoms with Crippen LogP contribution in [0.25, 0.3) is 0 Å². The van der Waals surface area contributed by atoms with E-state index in [2.05, 4.69) is 5.32 Å². The summed E-state index contributed by atoms with van der Waals surface area (Å²) in [6.45, 7) is 1.99. The van der Waals surface area contributed by atoms with Crippen LogP contribution in [0.4, 0.5) is 21.5 Å². The Morgan fingerprint density at radius 3 is 2.52 bits per heavy atom.